The molecule has 0 spiro atoms. The molecule has 0 aromatic heterocycles. The second-order valence-electron chi connectivity index (χ2n) is 6.33. The molecule has 0 heterocycles. The van der Waals surface area contributed by atoms with Crippen LogP contribution in [0.1, 0.15) is 67.2 Å². The zero-order valence-corrected chi connectivity index (χ0v) is 12.7. The van der Waals surface area contributed by atoms with Crippen molar-refractivity contribution in [2.24, 2.45) is 10.8 Å². The van der Waals surface area contributed by atoms with Gasteiger partial charge in [0, 0.05) is 0 Å². The third-order valence-electron chi connectivity index (χ3n) is 2.10. The van der Waals surface area contributed by atoms with Gasteiger partial charge in [-0.05, 0) is 23.7 Å². The third kappa shape index (κ3) is 29.2. The fourth-order valence-electron chi connectivity index (χ4n) is 1.31. The van der Waals surface area contributed by atoms with Crippen molar-refractivity contribution in [1.29, 1.82) is 0 Å². The predicted octanol–water partition coefficient (Wildman–Crippen LogP) is 5.04. The molecule has 4 heteroatoms. The first-order valence-corrected chi connectivity index (χ1v) is 5.21. The van der Waals surface area contributed by atoms with Crippen LogP contribution in [0.2, 0.25) is 0 Å². The Kier molecular flexibility index (Phi) is 21.0. The monoisotopic (exact) mass is 240 g/mol. The molecule has 0 amide bonds. The number of rotatable bonds is 3. The second-order valence-corrected chi connectivity index (χ2v) is 6.33. The van der Waals surface area contributed by atoms with E-state index in [0.29, 0.717) is 10.8 Å². The smallest absolute Gasteiger partial charge is 0.0383 e. The first-order valence-electron chi connectivity index (χ1n) is 5.21. The topological polar surface area (TPSA) is 133 Å². The molecule has 0 radical (unpaired) electrons. The first kappa shape index (κ1) is 29.7. The third-order valence-corrected chi connectivity index (χ3v) is 2.10. The van der Waals surface area contributed by atoms with Gasteiger partial charge in [0.2, 0.25) is 0 Å². The van der Waals surface area contributed by atoms with E-state index in [4.69, 9.17) is 0 Å². The van der Waals surface area contributed by atoms with Crippen LogP contribution in [-0.4, -0.2) is 11.0 Å². The Morgan fingerprint density at radius 1 is 0.562 bits per heavy atom. The Morgan fingerprint density at radius 2 is 0.750 bits per heavy atom. The summed E-state index contributed by atoms with van der Waals surface area (Å²) in [4.78, 5) is 0. The molecule has 0 rings (SSSR count). The van der Waals surface area contributed by atoms with Crippen LogP contribution >= 0.6 is 0 Å². The van der Waals surface area contributed by atoms with Crippen molar-refractivity contribution in [2.75, 3.05) is 0 Å². The van der Waals surface area contributed by atoms with E-state index in [1.165, 1.54) is 25.7 Å². The van der Waals surface area contributed by atoms with Gasteiger partial charge in [-0.1, -0.05) is 54.4 Å². The molecule has 0 unspecified atom stereocenters. The van der Waals surface area contributed by atoms with Gasteiger partial charge in [-0.2, -0.15) is 0 Å². The lowest BCUT2D eigenvalue weighted by Gasteiger charge is -2.21. The molecule has 0 fully saturated rings. The van der Waals surface area contributed by atoms with Crippen LogP contribution in [0.25, 0.3) is 0 Å². The average Bonchev–Trinajstić information content (AvgIpc) is 1.76. The summed E-state index contributed by atoms with van der Waals surface area (Å²) >= 11 is 0. The standard InChI is InChI=1S/C12H26.2H3N.2H2O/c1-11(2,3)9-7-8-10-12(4,5)6;;;;/h7-10H2,1-6H3;2*1H3;2*1H2. The van der Waals surface area contributed by atoms with E-state index in [1.807, 2.05) is 0 Å². The van der Waals surface area contributed by atoms with Gasteiger partial charge in [-0.3, -0.25) is 0 Å². The van der Waals surface area contributed by atoms with E-state index in [9.17, 15) is 0 Å². The molecule has 16 heavy (non-hydrogen) atoms. The summed E-state index contributed by atoms with van der Waals surface area (Å²) in [5.41, 5.74) is 1.05. The fourth-order valence-corrected chi connectivity index (χ4v) is 1.31. The quantitative estimate of drug-likeness (QED) is 0.669. The zero-order chi connectivity index (χ0) is 9.83. The maximum absolute atomic E-state index is 2.32. The van der Waals surface area contributed by atoms with Gasteiger partial charge in [-0.15, -0.1) is 0 Å². The molecule has 10 N–H and O–H groups in total. The lowest BCUT2D eigenvalue weighted by Crippen LogP contribution is -2.07. The summed E-state index contributed by atoms with van der Waals surface area (Å²) in [5.74, 6) is 0. The molecule has 0 aliphatic rings. The fraction of sp³-hybridized carbons (Fsp3) is 1.00. The Hall–Kier alpha value is -0.160. The van der Waals surface area contributed by atoms with Gasteiger partial charge in [0.25, 0.3) is 0 Å². The summed E-state index contributed by atoms with van der Waals surface area (Å²) in [6.07, 6.45) is 5.51. The van der Waals surface area contributed by atoms with Crippen LogP contribution < -0.4 is 12.3 Å². The van der Waals surface area contributed by atoms with Crippen LogP contribution in [-0.2, 0) is 0 Å². The lowest BCUT2D eigenvalue weighted by molar-refractivity contribution is 0.318. The minimum atomic E-state index is 0. The summed E-state index contributed by atoms with van der Waals surface area (Å²) < 4.78 is 0. The Bertz CT molecular complexity index is 110. The highest BCUT2D eigenvalue weighted by molar-refractivity contribution is 4.64. The largest absolute Gasteiger partial charge is 0.870 e. The minimum absolute atomic E-state index is 0. The molecule has 0 aromatic carbocycles. The molecule has 0 aliphatic carbocycles. The Labute approximate surface area is 102 Å². The van der Waals surface area contributed by atoms with Crippen LogP contribution in [0.3, 0.4) is 0 Å². The number of hydrogen-bond acceptors (Lipinski definition) is 2. The van der Waals surface area contributed by atoms with Crippen molar-refractivity contribution in [3.63, 3.8) is 0 Å². The summed E-state index contributed by atoms with van der Waals surface area (Å²) in [6, 6.07) is 0. The first-order chi connectivity index (χ1) is 5.21. The maximum atomic E-state index is 2.32. The Balaban J connectivity index is -0.000000101. The van der Waals surface area contributed by atoms with E-state index in [-0.39, 0.29) is 23.3 Å². The lowest BCUT2D eigenvalue weighted by atomic mass is 9.85. The van der Waals surface area contributed by atoms with Gasteiger partial charge in [0.15, 0.2) is 0 Å². The second kappa shape index (κ2) is 11.3. The minimum Gasteiger partial charge on any atom is -0.870 e. The number of quaternary nitrogens is 2. The number of hydrogen-bond donors (Lipinski definition) is 2. The van der Waals surface area contributed by atoms with Crippen molar-refractivity contribution >= 4 is 0 Å². The molecule has 0 aliphatic heterocycles. The van der Waals surface area contributed by atoms with Crippen molar-refractivity contribution in [1.82, 2.24) is 12.3 Å². The molecule has 0 aromatic rings. The normalized spacial score (nSPS) is 10.1. The van der Waals surface area contributed by atoms with Crippen molar-refractivity contribution in [3.05, 3.63) is 0 Å². The van der Waals surface area contributed by atoms with Gasteiger partial charge >= 0.3 is 0 Å². The molecular formula is C12H36N2O2. The SMILES string of the molecule is CC(C)(C)CCCCC(C)(C)C.[NH4+].[NH4+].[OH-].[OH-]. The van der Waals surface area contributed by atoms with Gasteiger partial charge in [0.05, 0.1) is 0 Å². The van der Waals surface area contributed by atoms with Gasteiger partial charge in [-0.25, -0.2) is 0 Å². The molecular weight excluding hydrogens is 204 g/mol. The summed E-state index contributed by atoms with van der Waals surface area (Å²) in [7, 11) is 0. The van der Waals surface area contributed by atoms with E-state index < -0.39 is 0 Å². The van der Waals surface area contributed by atoms with E-state index >= 15 is 0 Å². The van der Waals surface area contributed by atoms with Gasteiger partial charge < -0.3 is 23.3 Å². The molecule has 4 nitrogen and oxygen atoms in total. The van der Waals surface area contributed by atoms with Gasteiger partial charge in [0.1, 0.15) is 0 Å². The highest BCUT2D eigenvalue weighted by Crippen LogP contribution is 2.26. The van der Waals surface area contributed by atoms with E-state index in [1.54, 1.807) is 0 Å². The zero-order valence-electron chi connectivity index (χ0n) is 12.7. The molecule has 0 atom stereocenters. The molecule has 0 saturated carbocycles. The molecule has 0 saturated heterocycles. The summed E-state index contributed by atoms with van der Waals surface area (Å²) in [6.45, 7) is 13.9. The van der Waals surface area contributed by atoms with Crippen LogP contribution in [0, 0.1) is 10.8 Å². The van der Waals surface area contributed by atoms with Crippen LogP contribution in [0.5, 0.6) is 0 Å². The highest BCUT2D eigenvalue weighted by Gasteiger charge is 2.12. The van der Waals surface area contributed by atoms with E-state index in [2.05, 4.69) is 41.5 Å². The van der Waals surface area contributed by atoms with Crippen molar-refractivity contribution in [3.8, 4) is 0 Å². The predicted molar refractivity (Wildman–Crippen MR) is 73.2 cm³/mol. The van der Waals surface area contributed by atoms with Crippen molar-refractivity contribution < 1.29 is 11.0 Å². The molecule has 0 bridgehead atoms. The van der Waals surface area contributed by atoms with E-state index in [0.717, 1.165) is 0 Å². The van der Waals surface area contributed by atoms with Crippen LogP contribution in [0.15, 0.2) is 0 Å². The van der Waals surface area contributed by atoms with Crippen molar-refractivity contribution in [2.45, 2.75) is 67.2 Å². The maximum Gasteiger partial charge on any atom is -0.0383 e. The highest BCUT2D eigenvalue weighted by atomic mass is 16.0. The summed E-state index contributed by atoms with van der Waals surface area (Å²) in [5, 5.41) is 0. The average molecular weight is 240 g/mol. The van der Waals surface area contributed by atoms with Crippen LogP contribution in [0.4, 0.5) is 0 Å². The Morgan fingerprint density at radius 3 is 0.875 bits per heavy atom. The number of unbranched alkanes of at least 4 members (excludes halogenated alkanes) is 1. The molecule has 106 valence electrons.